The Bertz CT molecular complexity index is 1560. The van der Waals surface area contributed by atoms with Crippen LogP contribution in [0.2, 0.25) is 0 Å². The molecule has 5 rings (SSSR count). The second-order valence-electron chi connectivity index (χ2n) is 8.22. The Morgan fingerprint density at radius 2 is 1.89 bits per heavy atom. The maximum atomic E-state index is 13.7. The van der Waals surface area contributed by atoms with E-state index in [1.54, 1.807) is 37.3 Å². The summed E-state index contributed by atoms with van der Waals surface area (Å²) in [6, 6.07) is 11.8. The molecule has 1 unspecified atom stereocenters. The summed E-state index contributed by atoms with van der Waals surface area (Å²) < 4.78 is 10.9. The maximum absolute atomic E-state index is 13.7. The Balaban J connectivity index is 1.69. The number of phenols is 1. The lowest BCUT2D eigenvalue weighted by molar-refractivity contribution is -0.117. The fraction of sp³-hybridized carbons (Fsp3) is 0.154. The van der Waals surface area contributed by atoms with E-state index in [2.05, 4.69) is 4.98 Å². The van der Waals surface area contributed by atoms with Gasteiger partial charge in [-0.3, -0.25) is 19.3 Å². The number of amides is 1. The van der Waals surface area contributed by atoms with Crippen molar-refractivity contribution in [1.29, 1.82) is 0 Å². The number of carbonyl (C=O) groups excluding carboxylic acids is 3. The Morgan fingerprint density at radius 1 is 1.14 bits per heavy atom. The molecule has 10 heteroatoms. The van der Waals surface area contributed by atoms with E-state index in [1.807, 2.05) is 0 Å². The zero-order valence-corrected chi connectivity index (χ0v) is 20.3. The molecule has 9 nitrogen and oxygen atoms in total. The lowest BCUT2D eigenvalue weighted by Crippen LogP contribution is -2.31. The molecule has 2 N–H and O–H groups in total. The number of phenolic OH excluding ortho intramolecular Hbond substituents is 1. The number of rotatable bonds is 6. The Labute approximate surface area is 208 Å². The number of ether oxygens (including phenoxy) is 1. The molecule has 4 aromatic rings. The smallest absolute Gasteiger partial charge is 0.296 e. The molecule has 182 valence electrons. The van der Waals surface area contributed by atoms with Gasteiger partial charge in [0.05, 0.1) is 29.3 Å². The third-order valence-electron chi connectivity index (χ3n) is 5.93. The summed E-state index contributed by atoms with van der Waals surface area (Å²) in [4.78, 5) is 45.0. The standard InChI is InChI=1S/C26H20N2O7S/c1-12-24(13(2)29)36-26(27-12)28-21(15-8-9-16(30)18(11-15)34-3)20(23(32)25(28)33)22(31)19-10-14-6-4-5-7-17(14)35-19/h4-11,21,30,32H,1-3H3. The van der Waals surface area contributed by atoms with Crippen LogP contribution in [0.25, 0.3) is 11.0 Å². The van der Waals surface area contributed by atoms with E-state index in [-0.39, 0.29) is 33.7 Å². The average Bonchev–Trinajstić information content (AvgIpc) is 3.53. The molecule has 0 saturated heterocycles. The number of hydrogen-bond donors (Lipinski definition) is 2. The fourth-order valence-electron chi connectivity index (χ4n) is 4.25. The number of hydrogen-bond acceptors (Lipinski definition) is 9. The van der Waals surface area contributed by atoms with Gasteiger partial charge in [0, 0.05) is 12.3 Å². The Kier molecular flexibility index (Phi) is 5.60. The zero-order valence-electron chi connectivity index (χ0n) is 19.4. The topological polar surface area (TPSA) is 130 Å². The monoisotopic (exact) mass is 504 g/mol. The molecule has 1 atom stereocenters. The van der Waals surface area contributed by atoms with E-state index < -0.39 is 23.5 Å². The first-order valence-corrected chi connectivity index (χ1v) is 11.7. The molecule has 3 heterocycles. The van der Waals surface area contributed by atoms with Gasteiger partial charge in [-0.2, -0.15) is 0 Å². The highest BCUT2D eigenvalue weighted by molar-refractivity contribution is 7.17. The Hall–Kier alpha value is -4.44. The highest BCUT2D eigenvalue weighted by Crippen LogP contribution is 2.45. The SMILES string of the molecule is COc1cc(C2C(C(=O)c3cc4ccccc4o3)=C(O)C(=O)N2c2nc(C)c(C(C)=O)s2)ccc1O. The summed E-state index contributed by atoms with van der Waals surface area (Å²) in [6.45, 7) is 3.04. The van der Waals surface area contributed by atoms with Crippen molar-refractivity contribution in [2.24, 2.45) is 0 Å². The molecule has 1 aliphatic heterocycles. The van der Waals surface area contributed by atoms with Crippen molar-refractivity contribution in [3.05, 3.63) is 81.8 Å². The average molecular weight is 505 g/mol. The maximum Gasteiger partial charge on any atom is 0.296 e. The van der Waals surface area contributed by atoms with Crippen LogP contribution >= 0.6 is 11.3 Å². The van der Waals surface area contributed by atoms with E-state index in [4.69, 9.17) is 9.15 Å². The van der Waals surface area contributed by atoms with Crippen LogP contribution in [0.5, 0.6) is 11.5 Å². The van der Waals surface area contributed by atoms with Gasteiger partial charge in [0.2, 0.25) is 5.78 Å². The number of ketones is 2. The number of nitrogens with zero attached hydrogens (tertiary/aromatic N) is 2. The molecule has 1 amide bonds. The molecular weight excluding hydrogens is 484 g/mol. The molecular formula is C26H20N2O7S. The predicted octanol–water partition coefficient (Wildman–Crippen LogP) is 4.90. The molecule has 0 fully saturated rings. The molecule has 2 aromatic heterocycles. The van der Waals surface area contributed by atoms with Crippen LogP contribution < -0.4 is 9.64 Å². The molecule has 1 aliphatic rings. The van der Waals surface area contributed by atoms with Crippen molar-refractivity contribution in [2.75, 3.05) is 12.0 Å². The minimum Gasteiger partial charge on any atom is -0.504 e. The van der Waals surface area contributed by atoms with Gasteiger partial charge in [-0.15, -0.1) is 0 Å². The van der Waals surface area contributed by atoms with Crippen molar-refractivity contribution >= 4 is 44.9 Å². The quantitative estimate of drug-likeness (QED) is 0.355. The van der Waals surface area contributed by atoms with Gasteiger partial charge >= 0.3 is 0 Å². The third kappa shape index (κ3) is 3.62. The number of anilines is 1. The number of para-hydroxylation sites is 1. The van der Waals surface area contributed by atoms with Gasteiger partial charge < -0.3 is 19.4 Å². The summed E-state index contributed by atoms with van der Waals surface area (Å²) in [7, 11) is 1.37. The van der Waals surface area contributed by atoms with Crippen molar-refractivity contribution in [2.45, 2.75) is 19.9 Å². The number of aromatic hydroxyl groups is 1. The second kappa shape index (κ2) is 8.65. The molecule has 2 aromatic carbocycles. The number of furan rings is 1. The van der Waals surface area contributed by atoms with Crippen LogP contribution in [0.3, 0.4) is 0 Å². The lowest BCUT2D eigenvalue weighted by Gasteiger charge is -2.24. The number of benzene rings is 2. The second-order valence-corrected chi connectivity index (χ2v) is 9.19. The van der Waals surface area contributed by atoms with Crippen LogP contribution in [0.15, 0.2) is 64.3 Å². The van der Waals surface area contributed by atoms with Crippen LogP contribution in [0.1, 0.15) is 44.4 Å². The summed E-state index contributed by atoms with van der Waals surface area (Å²) in [5, 5.41) is 21.9. The van der Waals surface area contributed by atoms with Gasteiger partial charge in [-0.05, 0) is 36.8 Å². The molecule has 0 bridgehead atoms. The van der Waals surface area contributed by atoms with Gasteiger partial charge in [0.1, 0.15) is 5.58 Å². The summed E-state index contributed by atoms with van der Waals surface area (Å²) >= 11 is 0.987. The normalized spacial score (nSPS) is 15.7. The third-order valence-corrected chi connectivity index (χ3v) is 7.19. The van der Waals surface area contributed by atoms with E-state index in [0.717, 1.165) is 11.3 Å². The number of aliphatic hydroxyl groups is 1. The number of carbonyl (C=O) groups is 3. The van der Waals surface area contributed by atoms with Gasteiger partial charge in [0.15, 0.2) is 33.9 Å². The van der Waals surface area contributed by atoms with Crippen LogP contribution in [0.4, 0.5) is 5.13 Å². The van der Waals surface area contributed by atoms with Crippen molar-refractivity contribution in [3.63, 3.8) is 0 Å². The molecule has 36 heavy (non-hydrogen) atoms. The highest BCUT2D eigenvalue weighted by atomic mass is 32.1. The zero-order chi connectivity index (χ0) is 25.7. The molecule has 0 spiro atoms. The highest BCUT2D eigenvalue weighted by Gasteiger charge is 2.47. The summed E-state index contributed by atoms with van der Waals surface area (Å²) in [6.07, 6.45) is 0. The molecule has 0 saturated carbocycles. The largest absolute Gasteiger partial charge is 0.504 e. The van der Waals surface area contributed by atoms with E-state index in [9.17, 15) is 24.6 Å². The minimum absolute atomic E-state index is 0.0529. The number of Topliss-reactive ketones (excluding diaryl/α,β-unsaturated/α-hetero) is 2. The molecule has 0 radical (unpaired) electrons. The van der Waals surface area contributed by atoms with Gasteiger partial charge in [0.25, 0.3) is 5.91 Å². The number of fused-ring (bicyclic) bond motifs is 1. The van der Waals surface area contributed by atoms with Crippen LogP contribution in [-0.2, 0) is 4.79 Å². The fourth-order valence-corrected chi connectivity index (χ4v) is 5.24. The molecule has 0 aliphatic carbocycles. The van der Waals surface area contributed by atoms with Crippen LogP contribution in [0, 0.1) is 6.92 Å². The van der Waals surface area contributed by atoms with E-state index >= 15 is 0 Å². The van der Waals surface area contributed by atoms with Crippen molar-refractivity contribution in [3.8, 4) is 11.5 Å². The first-order chi connectivity index (χ1) is 17.2. The summed E-state index contributed by atoms with van der Waals surface area (Å²) in [5.41, 5.74) is 1.06. The Morgan fingerprint density at radius 3 is 2.56 bits per heavy atom. The minimum atomic E-state index is -1.13. The van der Waals surface area contributed by atoms with Gasteiger partial charge in [-0.25, -0.2) is 4.98 Å². The van der Waals surface area contributed by atoms with Crippen LogP contribution in [-0.4, -0.2) is 39.8 Å². The lowest BCUT2D eigenvalue weighted by atomic mass is 9.95. The first-order valence-electron chi connectivity index (χ1n) is 10.9. The van der Waals surface area contributed by atoms with E-state index in [1.165, 1.54) is 37.1 Å². The van der Waals surface area contributed by atoms with Crippen molar-refractivity contribution in [1.82, 2.24) is 4.98 Å². The van der Waals surface area contributed by atoms with Gasteiger partial charge in [-0.1, -0.05) is 35.6 Å². The van der Waals surface area contributed by atoms with Crippen molar-refractivity contribution < 1.29 is 33.8 Å². The number of aryl methyl sites for hydroxylation is 1. The summed E-state index contributed by atoms with van der Waals surface area (Å²) in [5.74, 6) is -2.59. The number of aliphatic hydroxyl groups excluding tert-OH is 1. The number of thiazole rings is 1. The van der Waals surface area contributed by atoms with E-state index in [0.29, 0.717) is 27.1 Å². The number of methoxy groups -OCH3 is 1. The predicted molar refractivity (Wildman–Crippen MR) is 132 cm³/mol. The first kappa shape index (κ1) is 23.3. The number of aromatic nitrogens is 1.